The van der Waals surface area contributed by atoms with Crippen LogP contribution >= 0.6 is 23.2 Å². The molecule has 0 saturated heterocycles. The van der Waals surface area contributed by atoms with Crippen molar-refractivity contribution in [1.29, 1.82) is 0 Å². The Labute approximate surface area is 114 Å². The largest absolute Gasteiger partial charge is 0.285 e. The van der Waals surface area contributed by atoms with E-state index in [2.05, 4.69) is 4.98 Å². The lowest BCUT2D eigenvalue weighted by Crippen LogP contribution is -2.26. The summed E-state index contributed by atoms with van der Waals surface area (Å²) >= 11 is 12.3. The predicted octanol–water partition coefficient (Wildman–Crippen LogP) is 2.58. The summed E-state index contributed by atoms with van der Waals surface area (Å²) in [4.78, 5) is 21.0. The molecule has 0 aliphatic carbocycles. The van der Waals surface area contributed by atoms with Crippen LogP contribution in [-0.4, -0.2) is 34.5 Å². The van der Waals surface area contributed by atoms with E-state index in [-0.39, 0.29) is 16.6 Å². The van der Waals surface area contributed by atoms with Crippen LogP contribution in [0.2, 0.25) is 10.2 Å². The van der Waals surface area contributed by atoms with E-state index in [0.717, 1.165) is 5.06 Å². The van der Waals surface area contributed by atoms with Crippen LogP contribution in [-0.2, 0) is 4.84 Å². The van der Waals surface area contributed by atoms with E-state index in [0.29, 0.717) is 16.4 Å². The molecule has 0 saturated carbocycles. The summed E-state index contributed by atoms with van der Waals surface area (Å²) < 4.78 is 1.63. The van der Waals surface area contributed by atoms with Crippen molar-refractivity contribution in [2.75, 3.05) is 14.2 Å². The predicted molar refractivity (Wildman–Crippen MR) is 69.1 cm³/mol. The molecule has 0 radical (unpaired) electrons. The summed E-state index contributed by atoms with van der Waals surface area (Å²) in [5.41, 5.74) is 0.926. The van der Waals surface area contributed by atoms with Gasteiger partial charge >= 0.3 is 0 Å². The average Bonchev–Trinajstić information content (AvgIpc) is 2.75. The second-order valence-corrected chi connectivity index (χ2v) is 4.47. The molecule has 96 valence electrons. The van der Waals surface area contributed by atoms with Crippen LogP contribution in [0.3, 0.4) is 0 Å². The number of rotatable bonds is 2. The molecular weight excluding hydrogens is 277 g/mol. The van der Waals surface area contributed by atoms with Crippen LogP contribution in [0.4, 0.5) is 0 Å². The van der Waals surface area contributed by atoms with Gasteiger partial charge in [0.15, 0.2) is 0 Å². The first-order valence-corrected chi connectivity index (χ1v) is 5.87. The maximum absolute atomic E-state index is 12.0. The first kappa shape index (κ1) is 13.1. The molecule has 2 aromatic heterocycles. The van der Waals surface area contributed by atoms with E-state index in [4.69, 9.17) is 28.0 Å². The first-order valence-electron chi connectivity index (χ1n) is 5.11. The van der Waals surface area contributed by atoms with Gasteiger partial charge in [-0.1, -0.05) is 23.2 Å². The van der Waals surface area contributed by atoms with Gasteiger partial charge in [-0.2, -0.15) is 0 Å². The van der Waals surface area contributed by atoms with Crippen molar-refractivity contribution in [2.24, 2.45) is 0 Å². The molecule has 2 heterocycles. The number of aryl methyl sites for hydroxylation is 1. The van der Waals surface area contributed by atoms with Gasteiger partial charge in [-0.15, -0.1) is 0 Å². The minimum atomic E-state index is -0.376. The van der Waals surface area contributed by atoms with Gasteiger partial charge in [0.05, 0.1) is 29.4 Å². The third-order valence-corrected chi connectivity index (χ3v) is 3.34. The number of hydrogen-bond acceptors (Lipinski definition) is 3. The van der Waals surface area contributed by atoms with Gasteiger partial charge in [-0.3, -0.25) is 14.0 Å². The van der Waals surface area contributed by atoms with Crippen LogP contribution in [0.25, 0.3) is 5.52 Å². The highest BCUT2D eigenvalue weighted by Gasteiger charge is 2.20. The Hall–Kier alpha value is -1.30. The number of imidazole rings is 1. The Morgan fingerprint density at radius 1 is 1.50 bits per heavy atom. The van der Waals surface area contributed by atoms with E-state index >= 15 is 0 Å². The Morgan fingerprint density at radius 3 is 2.78 bits per heavy atom. The maximum Gasteiger partial charge on any atom is 0.280 e. The molecule has 0 unspecified atom stereocenters. The SMILES string of the molecule is CON(C)C(=O)c1cc(Cl)c2cnc(C)n2c1Cl. The van der Waals surface area contributed by atoms with Gasteiger partial charge in [0.2, 0.25) is 0 Å². The summed E-state index contributed by atoms with van der Waals surface area (Å²) in [5, 5.41) is 1.75. The number of nitrogens with zero attached hydrogens (tertiary/aromatic N) is 3. The molecule has 0 atom stereocenters. The zero-order valence-electron chi connectivity index (χ0n) is 10.1. The summed E-state index contributed by atoms with van der Waals surface area (Å²) in [7, 11) is 2.89. The minimum Gasteiger partial charge on any atom is -0.285 e. The molecule has 7 heteroatoms. The van der Waals surface area contributed by atoms with Gasteiger partial charge in [0.1, 0.15) is 11.0 Å². The molecule has 0 aliphatic rings. The molecule has 1 amide bonds. The van der Waals surface area contributed by atoms with Crippen molar-refractivity contribution in [2.45, 2.75) is 6.92 Å². The number of pyridine rings is 1. The number of carbonyl (C=O) groups is 1. The Bertz CT molecular complexity index is 624. The number of amides is 1. The van der Waals surface area contributed by atoms with E-state index in [1.807, 2.05) is 0 Å². The lowest BCUT2D eigenvalue weighted by atomic mass is 10.2. The first-order chi connectivity index (χ1) is 8.47. The lowest BCUT2D eigenvalue weighted by molar-refractivity contribution is -0.0757. The highest BCUT2D eigenvalue weighted by Crippen LogP contribution is 2.28. The zero-order chi connectivity index (χ0) is 13.4. The molecule has 18 heavy (non-hydrogen) atoms. The molecule has 0 aliphatic heterocycles. The van der Waals surface area contributed by atoms with E-state index in [9.17, 15) is 4.79 Å². The van der Waals surface area contributed by atoms with Crippen LogP contribution in [0.1, 0.15) is 16.2 Å². The molecule has 2 rings (SSSR count). The highest BCUT2D eigenvalue weighted by molar-refractivity contribution is 6.37. The summed E-state index contributed by atoms with van der Waals surface area (Å²) in [5.74, 6) is 0.283. The van der Waals surface area contributed by atoms with Crippen LogP contribution in [0.15, 0.2) is 12.3 Å². The smallest absolute Gasteiger partial charge is 0.280 e. The molecule has 5 nitrogen and oxygen atoms in total. The van der Waals surface area contributed by atoms with Crippen molar-refractivity contribution in [1.82, 2.24) is 14.4 Å². The maximum atomic E-state index is 12.0. The zero-order valence-corrected chi connectivity index (χ0v) is 11.6. The molecule has 0 spiro atoms. The monoisotopic (exact) mass is 287 g/mol. The lowest BCUT2D eigenvalue weighted by Gasteiger charge is -2.15. The Morgan fingerprint density at radius 2 is 2.17 bits per heavy atom. The van der Waals surface area contributed by atoms with Crippen molar-refractivity contribution >= 4 is 34.6 Å². The van der Waals surface area contributed by atoms with Crippen molar-refractivity contribution < 1.29 is 9.63 Å². The Kier molecular flexibility index (Phi) is 3.47. The van der Waals surface area contributed by atoms with Gasteiger partial charge < -0.3 is 0 Å². The van der Waals surface area contributed by atoms with Crippen molar-refractivity contribution in [3.05, 3.63) is 33.8 Å². The molecule has 0 bridgehead atoms. The van der Waals surface area contributed by atoms with Gasteiger partial charge in [0.25, 0.3) is 5.91 Å². The fourth-order valence-corrected chi connectivity index (χ4v) is 2.23. The van der Waals surface area contributed by atoms with E-state index in [1.165, 1.54) is 20.2 Å². The standard InChI is InChI=1S/C11H11Cl2N3O2/c1-6-14-5-9-8(12)4-7(10(13)16(6)9)11(17)15(2)18-3/h4-5H,1-3H3. The summed E-state index contributed by atoms with van der Waals surface area (Å²) in [6.45, 7) is 1.78. The summed E-state index contributed by atoms with van der Waals surface area (Å²) in [6.07, 6.45) is 1.61. The molecular formula is C11H11Cl2N3O2. The highest BCUT2D eigenvalue weighted by atomic mass is 35.5. The molecule has 0 aromatic carbocycles. The van der Waals surface area contributed by atoms with Gasteiger partial charge in [0, 0.05) is 7.05 Å². The minimum absolute atomic E-state index is 0.262. The van der Waals surface area contributed by atoms with Crippen LogP contribution in [0, 0.1) is 6.92 Å². The second-order valence-electron chi connectivity index (χ2n) is 3.71. The number of carbonyl (C=O) groups excluding carboxylic acids is 1. The molecule has 2 aromatic rings. The average molecular weight is 288 g/mol. The quantitative estimate of drug-likeness (QED) is 0.630. The van der Waals surface area contributed by atoms with E-state index in [1.54, 1.807) is 17.5 Å². The third-order valence-electron chi connectivity index (χ3n) is 2.66. The van der Waals surface area contributed by atoms with Gasteiger partial charge in [-0.25, -0.2) is 10.0 Å². The topological polar surface area (TPSA) is 46.8 Å². The van der Waals surface area contributed by atoms with Crippen molar-refractivity contribution in [3.8, 4) is 0 Å². The van der Waals surface area contributed by atoms with Crippen molar-refractivity contribution in [3.63, 3.8) is 0 Å². The third kappa shape index (κ3) is 1.94. The fraction of sp³-hybridized carbons (Fsp3) is 0.273. The number of hydroxylamine groups is 2. The molecule has 0 N–H and O–H groups in total. The Balaban J connectivity index is 2.69. The second kappa shape index (κ2) is 4.76. The number of hydrogen-bond donors (Lipinski definition) is 0. The number of fused-ring (bicyclic) bond motifs is 1. The van der Waals surface area contributed by atoms with E-state index < -0.39 is 0 Å². The number of aromatic nitrogens is 2. The molecule has 0 fully saturated rings. The van der Waals surface area contributed by atoms with Crippen LogP contribution in [0.5, 0.6) is 0 Å². The fourth-order valence-electron chi connectivity index (χ4n) is 1.64. The van der Waals surface area contributed by atoms with Gasteiger partial charge in [-0.05, 0) is 13.0 Å². The number of halogens is 2. The normalized spacial score (nSPS) is 10.9. The van der Waals surface area contributed by atoms with Crippen LogP contribution < -0.4 is 0 Å². The summed E-state index contributed by atoms with van der Waals surface area (Å²) in [6, 6.07) is 1.51.